The molecule has 5 nitrogen and oxygen atoms in total. The van der Waals surface area contributed by atoms with Crippen molar-refractivity contribution in [3.05, 3.63) is 34.1 Å². The Morgan fingerprint density at radius 3 is 2.63 bits per heavy atom. The van der Waals surface area contributed by atoms with Crippen molar-refractivity contribution in [3.63, 3.8) is 0 Å². The lowest BCUT2D eigenvalue weighted by Gasteiger charge is -2.12. The maximum atomic E-state index is 11.8. The first kappa shape index (κ1) is 13.8. The van der Waals surface area contributed by atoms with Gasteiger partial charge in [0.2, 0.25) is 5.91 Å². The monoisotopic (exact) mass is 296 g/mol. The zero-order valence-corrected chi connectivity index (χ0v) is 12.1. The van der Waals surface area contributed by atoms with Gasteiger partial charge >= 0.3 is 0 Å². The predicted octanol–water partition coefficient (Wildman–Crippen LogP) is 2.35. The van der Waals surface area contributed by atoms with Crippen LogP contribution in [0.15, 0.2) is 24.3 Å². The van der Waals surface area contributed by atoms with Crippen LogP contribution in [-0.4, -0.2) is 39.7 Å². The number of amides is 1. The number of hydrogen-bond acceptors (Lipinski definition) is 3. The Bertz CT molecular complexity index is 644. The molecule has 1 aromatic heterocycles. The van der Waals surface area contributed by atoms with Gasteiger partial charge < -0.3 is 4.90 Å². The first-order valence-electron chi connectivity index (χ1n) is 5.60. The predicted molar refractivity (Wildman–Crippen MR) is 76.6 cm³/mol. The molecule has 0 radical (unpaired) electrons. The number of likely N-dealkylation sites (N-methyl/N-ethyl adjacent to an activating group) is 1. The molecule has 19 heavy (non-hydrogen) atoms. The third kappa shape index (κ3) is 3.02. The van der Waals surface area contributed by atoms with E-state index in [9.17, 15) is 4.79 Å². The quantitative estimate of drug-likeness (QED) is 0.885. The van der Waals surface area contributed by atoms with Crippen LogP contribution in [0, 0.1) is 4.77 Å². The largest absolute Gasteiger partial charge is 0.347 e. The molecule has 0 aliphatic carbocycles. The molecule has 1 N–H and O–H groups in total. The first-order chi connectivity index (χ1) is 8.99. The van der Waals surface area contributed by atoms with E-state index in [1.807, 2.05) is 12.1 Å². The van der Waals surface area contributed by atoms with E-state index < -0.39 is 0 Å². The molecular weight excluding hydrogens is 284 g/mol. The summed E-state index contributed by atoms with van der Waals surface area (Å²) in [5.41, 5.74) is 0.850. The molecule has 100 valence electrons. The number of aromatic nitrogens is 3. The fourth-order valence-electron chi connectivity index (χ4n) is 1.56. The van der Waals surface area contributed by atoms with Gasteiger partial charge in [0.15, 0.2) is 10.6 Å². The fraction of sp³-hybridized carbons (Fsp3) is 0.250. The van der Waals surface area contributed by atoms with Crippen molar-refractivity contribution in [1.82, 2.24) is 19.7 Å². The van der Waals surface area contributed by atoms with Gasteiger partial charge in [0, 0.05) is 24.7 Å². The number of hydrogen-bond donors (Lipinski definition) is 1. The number of aromatic amines is 1. The topological polar surface area (TPSA) is 53.9 Å². The highest BCUT2D eigenvalue weighted by atomic mass is 35.5. The number of benzene rings is 1. The van der Waals surface area contributed by atoms with Crippen LogP contribution in [0.5, 0.6) is 0 Å². The highest BCUT2D eigenvalue weighted by Gasteiger charge is 2.13. The number of nitrogens with one attached hydrogen (secondary N) is 1. The Kier molecular flexibility index (Phi) is 4.01. The van der Waals surface area contributed by atoms with E-state index in [4.69, 9.17) is 23.8 Å². The van der Waals surface area contributed by atoms with Crippen molar-refractivity contribution in [2.75, 3.05) is 14.1 Å². The standard InChI is InChI=1S/C12H13ClN4OS/c1-16(2)10(18)7-17-11(14-15-12(17)19)8-3-5-9(13)6-4-8/h3-6H,7H2,1-2H3,(H,15,19). The molecule has 0 spiro atoms. The Morgan fingerprint density at radius 1 is 1.42 bits per heavy atom. The van der Waals surface area contributed by atoms with Crippen molar-refractivity contribution in [2.24, 2.45) is 0 Å². The molecule has 0 fully saturated rings. The lowest BCUT2D eigenvalue weighted by atomic mass is 10.2. The Morgan fingerprint density at radius 2 is 2.05 bits per heavy atom. The minimum absolute atomic E-state index is 0.0484. The molecule has 0 bridgehead atoms. The molecule has 0 aliphatic heterocycles. The summed E-state index contributed by atoms with van der Waals surface area (Å²) < 4.78 is 2.08. The van der Waals surface area contributed by atoms with Crippen LogP contribution >= 0.6 is 23.8 Å². The minimum atomic E-state index is -0.0484. The van der Waals surface area contributed by atoms with E-state index >= 15 is 0 Å². The number of carbonyl (C=O) groups is 1. The zero-order chi connectivity index (χ0) is 14.0. The normalized spacial score (nSPS) is 10.5. The molecule has 2 rings (SSSR count). The summed E-state index contributed by atoms with van der Waals surface area (Å²) in [6.45, 7) is 0.153. The third-order valence-electron chi connectivity index (χ3n) is 2.65. The van der Waals surface area contributed by atoms with Crippen molar-refractivity contribution < 1.29 is 4.79 Å². The van der Waals surface area contributed by atoms with Crippen LogP contribution < -0.4 is 0 Å². The van der Waals surface area contributed by atoms with Crippen LogP contribution in [-0.2, 0) is 11.3 Å². The van der Waals surface area contributed by atoms with Gasteiger partial charge in [0.05, 0.1) is 0 Å². The second kappa shape index (κ2) is 5.54. The lowest BCUT2D eigenvalue weighted by molar-refractivity contribution is -0.129. The van der Waals surface area contributed by atoms with Crippen molar-refractivity contribution in [2.45, 2.75) is 6.54 Å². The number of halogens is 1. The van der Waals surface area contributed by atoms with Gasteiger partial charge in [0.25, 0.3) is 0 Å². The lowest BCUT2D eigenvalue weighted by Crippen LogP contribution is -2.26. The van der Waals surface area contributed by atoms with E-state index in [-0.39, 0.29) is 12.5 Å². The van der Waals surface area contributed by atoms with Gasteiger partial charge in [-0.2, -0.15) is 5.10 Å². The highest BCUT2D eigenvalue weighted by molar-refractivity contribution is 7.71. The average Bonchev–Trinajstić information content (AvgIpc) is 2.72. The van der Waals surface area contributed by atoms with E-state index in [0.717, 1.165) is 5.56 Å². The Hall–Kier alpha value is -1.66. The molecule has 1 aromatic carbocycles. The van der Waals surface area contributed by atoms with Gasteiger partial charge in [-0.25, -0.2) is 0 Å². The zero-order valence-electron chi connectivity index (χ0n) is 10.6. The summed E-state index contributed by atoms with van der Waals surface area (Å²) >= 11 is 11.0. The van der Waals surface area contributed by atoms with Gasteiger partial charge in [0.1, 0.15) is 6.54 Å². The smallest absolute Gasteiger partial charge is 0.242 e. The summed E-state index contributed by atoms with van der Waals surface area (Å²) in [6, 6.07) is 7.22. The van der Waals surface area contributed by atoms with Crippen molar-refractivity contribution in [1.29, 1.82) is 0 Å². The van der Waals surface area contributed by atoms with E-state index in [1.54, 1.807) is 30.8 Å². The van der Waals surface area contributed by atoms with Gasteiger partial charge in [-0.15, -0.1) is 0 Å². The molecule has 0 atom stereocenters. The number of rotatable bonds is 3. The second-order valence-electron chi connectivity index (χ2n) is 4.23. The fourth-order valence-corrected chi connectivity index (χ4v) is 1.88. The van der Waals surface area contributed by atoms with Crippen LogP contribution in [0.25, 0.3) is 11.4 Å². The Labute approximate surface area is 120 Å². The summed E-state index contributed by atoms with van der Waals surface area (Å²) in [4.78, 5) is 13.3. The summed E-state index contributed by atoms with van der Waals surface area (Å²) in [7, 11) is 3.40. The first-order valence-corrected chi connectivity index (χ1v) is 6.39. The maximum Gasteiger partial charge on any atom is 0.242 e. The SMILES string of the molecule is CN(C)C(=O)Cn1c(-c2ccc(Cl)cc2)n[nH]c1=S. The van der Waals surface area contributed by atoms with Gasteiger partial charge in [-0.1, -0.05) is 11.6 Å². The third-order valence-corrected chi connectivity index (χ3v) is 3.22. The summed E-state index contributed by atoms with van der Waals surface area (Å²) in [6.07, 6.45) is 0. The van der Waals surface area contributed by atoms with Crippen molar-refractivity contribution in [3.8, 4) is 11.4 Å². The molecule has 0 saturated carbocycles. The molecule has 7 heteroatoms. The molecule has 0 unspecified atom stereocenters. The molecule has 1 amide bonds. The summed E-state index contributed by atoms with van der Waals surface area (Å²) in [5.74, 6) is 0.574. The van der Waals surface area contributed by atoms with Crippen LogP contribution in [0.3, 0.4) is 0 Å². The molecule has 0 aliphatic rings. The molecular formula is C12H13ClN4OS. The number of H-pyrrole nitrogens is 1. The van der Waals surface area contributed by atoms with Crippen molar-refractivity contribution >= 4 is 29.7 Å². The average molecular weight is 297 g/mol. The van der Waals surface area contributed by atoms with Crippen LogP contribution in [0.2, 0.25) is 5.02 Å². The molecule has 0 saturated heterocycles. The number of carbonyl (C=O) groups excluding carboxylic acids is 1. The van der Waals surface area contributed by atoms with E-state index in [0.29, 0.717) is 15.6 Å². The van der Waals surface area contributed by atoms with E-state index in [1.165, 1.54) is 4.90 Å². The minimum Gasteiger partial charge on any atom is -0.347 e. The van der Waals surface area contributed by atoms with Gasteiger partial charge in [-0.05, 0) is 36.5 Å². The van der Waals surface area contributed by atoms with Gasteiger partial charge in [-0.3, -0.25) is 14.5 Å². The Balaban J connectivity index is 2.40. The number of nitrogens with zero attached hydrogens (tertiary/aromatic N) is 3. The highest BCUT2D eigenvalue weighted by Crippen LogP contribution is 2.19. The van der Waals surface area contributed by atoms with Crippen LogP contribution in [0.1, 0.15) is 0 Å². The molecule has 1 heterocycles. The second-order valence-corrected chi connectivity index (χ2v) is 5.06. The molecule has 2 aromatic rings. The maximum absolute atomic E-state index is 11.8. The summed E-state index contributed by atoms with van der Waals surface area (Å²) in [5, 5.41) is 7.51. The van der Waals surface area contributed by atoms with E-state index in [2.05, 4.69) is 10.2 Å². The van der Waals surface area contributed by atoms with Crippen LogP contribution in [0.4, 0.5) is 0 Å².